The van der Waals surface area contributed by atoms with Crippen molar-refractivity contribution < 1.29 is 4.74 Å². The molecular weight excluding hydrogens is 332 g/mol. The van der Waals surface area contributed by atoms with Crippen molar-refractivity contribution in [2.24, 2.45) is 0 Å². The molecule has 26 heavy (non-hydrogen) atoms. The van der Waals surface area contributed by atoms with E-state index in [0.29, 0.717) is 23.5 Å². The van der Waals surface area contributed by atoms with E-state index in [4.69, 9.17) is 4.74 Å². The molecule has 1 aliphatic rings. The van der Waals surface area contributed by atoms with Crippen LogP contribution in [0.15, 0.2) is 35.3 Å². The first kappa shape index (κ1) is 16.7. The molecule has 1 unspecified atom stereocenters. The number of aromatic amines is 2. The molecule has 1 aromatic carbocycles. The Kier molecular flexibility index (Phi) is 4.68. The minimum Gasteiger partial charge on any atom is -0.379 e. The van der Waals surface area contributed by atoms with E-state index >= 15 is 0 Å². The topological polar surface area (TPSA) is 98.9 Å². The quantitative estimate of drug-likeness (QED) is 0.641. The SMILES string of the molecule is Cc1cccc(C(CNc2nc3[nH]ncc3c(=O)[nH]2)N2CCOCC2)c1. The summed E-state index contributed by atoms with van der Waals surface area (Å²) in [7, 11) is 0. The van der Waals surface area contributed by atoms with Gasteiger partial charge in [0.1, 0.15) is 5.39 Å². The number of fused-ring (bicyclic) bond motifs is 1. The Hall–Kier alpha value is -2.71. The number of nitrogens with zero attached hydrogens (tertiary/aromatic N) is 3. The molecule has 8 nitrogen and oxygen atoms in total. The van der Waals surface area contributed by atoms with Crippen LogP contribution in [0.25, 0.3) is 11.0 Å². The van der Waals surface area contributed by atoms with E-state index in [1.165, 1.54) is 17.3 Å². The number of H-pyrrole nitrogens is 2. The summed E-state index contributed by atoms with van der Waals surface area (Å²) in [6.07, 6.45) is 1.48. The molecule has 0 bridgehead atoms. The summed E-state index contributed by atoms with van der Waals surface area (Å²) < 4.78 is 5.49. The highest BCUT2D eigenvalue weighted by molar-refractivity contribution is 5.73. The Bertz CT molecular complexity index is 944. The molecule has 1 saturated heterocycles. The Morgan fingerprint density at radius 2 is 2.19 bits per heavy atom. The second-order valence-electron chi connectivity index (χ2n) is 6.51. The van der Waals surface area contributed by atoms with Gasteiger partial charge in [0, 0.05) is 19.6 Å². The van der Waals surface area contributed by atoms with Crippen molar-refractivity contribution in [2.75, 3.05) is 38.2 Å². The lowest BCUT2D eigenvalue weighted by molar-refractivity contribution is 0.0187. The molecule has 3 N–H and O–H groups in total. The molecule has 4 rings (SSSR count). The van der Waals surface area contributed by atoms with E-state index in [0.717, 1.165) is 26.3 Å². The van der Waals surface area contributed by atoms with E-state index < -0.39 is 0 Å². The van der Waals surface area contributed by atoms with Crippen molar-refractivity contribution >= 4 is 17.0 Å². The van der Waals surface area contributed by atoms with Crippen molar-refractivity contribution in [1.29, 1.82) is 0 Å². The third-order valence-electron chi connectivity index (χ3n) is 4.70. The van der Waals surface area contributed by atoms with Crippen LogP contribution in [-0.4, -0.2) is 57.9 Å². The van der Waals surface area contributed by atoms with Crippen LogP contribution in [0, 0.1) is 6.92 Å². The van der Waals surface area contributed by atoms with Gasteiger partial charge in [-0.1, -0.05) is 29.8 Å². The molecule has 0 spiro atoms. The molecule has 1 aliphatic heterocycles. The standard InChI is InChI=1S/C18H22N6O2/c1-12-3-2-4-13(9-12)15(24-5-7-26-8-6-24)11-19-18-21-16-14(10-20-23-16)17(25)22-18/h2-4,9-10,15H,5-8,11H2,1H3,(H3,19,20,21,22,23,25). The fraction of sp³-hybridized carbons (Fsp3) is 0.389. The minimum absolute atomic E-state index is 0.168. The van der Waals surface area contributed by atoms with Crippen LogP contribution in [0.5, 0.6) is 0 Å². The fourth-order valence-electron chi connectivity index (χ4n) is 3.35. The second-order valence-corrected chi connectivity index (χ2v) is 6.51. The van der Waals surface area contributed by atoms with Gasteiger partial charge in [0.2, 0.25) is 5.95 Å². The van der Waals surface area contributed by atoms with Gasteiger partial charge in [-0.25, -0.2) is 0 Å². The van der Waals surface area contributed by atoms with Crippen molar-refractivity contribution in [3.8, 4) is 0 Å². The predicted molar refractivity (Wildman–Crippen MR) is 99.3 cm³/mol. The normalized spacial score (nSPS) is 16.7. The zero-order chi connectivity index (χ0) is 17.9. The Morgan fingerprint density at radius 1 is 1.35 bits per heavy atom. The maximum Gasteiger partial charge on any atom is 0.263 e. The number of anilines is 1. The zero-order valence-electron chi connectivity index (χ0n) is 14.7. The monoisotopic (exact) mass is 354 g/mol. The average Bonchev–Trinajstić information content (AvgIpc) is 3.12. The number of ether oxygens (including phenoxy) is 1. The molecular formula is C18H22N6O2. The number of hydrogen-bond donors (Lipinski definition) is 3. The maximum atomic E-state index is 12.1. The number of hydrogen-bond acceptors (Lipinski definition) is 6. The van der Waals surface area contributed by atoms with Crippen LogP contribution >= 0.6 is 0 Å². The maximum absolute atomic E-state index is 12.1. The van der Waals surface area contributed by atoms with Gasteiger partial charge >= 0.3 is 0 Å². The Morgan fingerprint density at radius 3 is 3.00 bits per heavy atom. The second kappa shape index (κ2) is 7.27. The average molecular weight is 354 g/mol. The number of benzene rings is 1. The van der Waals surface area contributed by atoms with Gasteiger partial charge in [0.15, 0.2) is 5.65 Å². The van der Waals surface area contributed by atoms with Crippen LogP contribution in [-0.2, 0) is 4.74 Å². The van der Waals surface area contributed by atoms with Gasteiger partial charge in [0.05, 0.1) is 25.5 Å². The molecule has 8 heteroatoms. The van der Waals surface area contributed by atoms with Crippen molar-refractivity contribution in [2.45, 2.75) is 13.0 Å². The van der Waals surface area contributed by atoms with E-state index in [9.17, 15) is 4.79 Å². The number of aromatic nitrogens is 4. The predicted octanol–water partition coefficient (Wildman–Crippen LogP) is 1.44. The number of morpholine rings is 1. The summed E-state index contributed by atoms with van der Waals surface area (Å²) in [6.45, 7) is 5.95. The first-order valence-corrected chi connectivity index (χ1v) is 8.76. The third-order valence-corrected chi connectivity index (χ3v) is 4.70. The number of rotatable bonds is 5. The van der Waals surface area contributed by atoms with E-state index in [-0.39, 0.29) is 11.6 Å². The van der Waals surface area contributed by atoms with Crippen molar-refractivity contribution in [3.63, 3.8) is 0 Å². The van der Waals surface area contributed by atoms with Gasteiger partial charge < -0.3 is 10.1 Å². The summed E-state index contributed by atoms with van der Waals surface area (Å²) in [6, 6.07) is 8.69. The molecule has 1 atom stereocenters. The van der Waals surface area contributed by atoms with Gasteiger partial charge in [-0.3, -0.25) is 19.8 Å². The van der Waals surface area contributed by atoms with Gasteiger partial charge in [0.25, 0.3) is 5.56 Å². The lowest BCUT2D eigenvalue weighted by atomic mass is 10.0. The third kappa shape index (κ3) is 3.47. The van der Waals surface area contributed by atoms with E-state index in [1.807, 2.05) is 0 Å². The number of aryl methyl sites for hydroxylation is 1. The molecule has 3 heterocycles. The van der Waals surface area contributed by atoms with Gasteiger partial charge in [-0.15, -0.1) is 0 Å². The molecule has 3 aromatic rings. The molecule has 1 fully saturated rings. The van der Waals surface area contributed by atoms with E-state index in [2.05, 4.69) is 61.6 Å². The minimum atomic E-state index is -0.204. The zero-order valence-corrected chi connectivity index (χ0v) is 14.7. The Balaban J connectivity index is 1.58. The Labute approximate surface area is 150 Å². The lowest BCUT2D eigenvalue weighted by Crippen LogP contribution is -2.41. The summed E-state index contributed by atoms with van der Waals surface area (Å²) in [5.41, 5.74) is 2.75. The first-order chi connectivity index (χ1) is 12.7. The summed E-state index contributed by atoms with van der Waals surface area (Å²) in [5, 5.41) is 10.4. The van der Waals surface area contributed by atoms with Gasteiger partial charge in [-0.05, 0) is 12.5 Å². The van der Waals surface area contributed by atoms with Crippen LogP contribution in [0.4, 0.5) is 5.95 Å². The fourth-order valence-corrected chi connectivity index (χ4v) is 3.35. The van der Waals surface area contributed by atoms with Crippen LogP contribution in [0.1, 0.15) is 17.2 Å². The van der Waals surface area contributed by atoms with Crippen LogP contribution in [0.2, 0.25) is 0 Å². The largest absolute Gasteiger partial charge is 0.379 e. The molecule has 2 aromatic heterocycles. The molecule has 136 valence electrons. The highest BCUT2D eigenvalue weighted by atomic mass is 16.5. The summed E-state index contributed by atoms with van der Waals surface area (Å²) >= 11 is 0. The molecule has 0 amide bonds. The molecule has 0 saturated carbocycles. The smallest absolute Gasteiger partial charge is 0.263 e. The van der Waals surface area contributed by atoms with Crippen LogP contribution < -0.4 is 10.9 Å². The summed E-state index contributed by atoms with van der Waals surface area (Å²) in [5.74, 6) is 0.442. The highest BCUT2D eigenvalue weighted by Crippen LogP contribution is 2.23. The van der Waals surface area contributed by atoms with Crippen molar-refractivity contribution in [1.82, 2.24) is 25.1 Å². The van der Waals surface area contributed by atoms with Crippen LogP contribution in [0.3, 0.4) is 0 Å². The number of nitrogens with one attached hydrogen (secondary N) is 3. The first-order valence-electron chi connectivity index (χ1n) is 8.76. The lowest BCUT2D eigenvalue weighted by Gasteiger charge is -2.35. The molecule has 0 aliphatic carbocycles. The van der Waals surface area contributed by atoms with Gasteiger partial charge in [-0.2, -0.15) is 10.1 Å². The van der Waals surface area contributed by atoms with Crippen molar-refractivity contribution in [3.05, 3.63) is 51.9 Å². The summed E-state index contributed by atoms with van der Waals surface area (Å²) in [4.78, 5) is 21.7. The van der Waals surface area contributed by atoms with E-state index in [1.54, 1.807) is 0 Å². The molecule has 0 radical (unpaired) electrons. The highest BCUT2D eigenvalue weighted by Gasteiger charge is 2.23.